The SMILES string of the molecule is CCOC(=O)C(C)NC(=O)NC(=O)/C=C/C(=O)O. The van der Waals surface area contributed by atoms with Crippen molar-refractivity contribution in [1.29, 1.82) is 0 Å². The number of hydrogen-bond donors (Lipinski definition) is 3. The van der Waals surface area contributed by atoms with Crippen LogP contribution < -0.4 is 10.6 Å². The zero-order valence-corrected chi connectivity index (χ0v) is 9.93. The molecule has 0 spiro atoms. The molecule has 1 atom stereocenters. The molecule has 0 aliphatic carbocycles. The first-order chi connectivity index (χ1) is 8.36. The lowest BCUT2D eigenvalue weighted by molar-refractivity contribution is -0.145. The van der Waals surface area contributed by atoms with Crippen molar-refractivity contribution >= 4 is 23.9 Å². The van der Waals surface area contributed by atoms with Crippen molar-refractivity contribution in [3.05, 3.63) is 12.2 Å². The number of esters is 1. The van der Waals surface area contributed by atoms with Crippen molar-refractivity contribution in [2.24, 2.45) is 0 Å². The van der Waals surface area contributed by atoms with Crippen molar-refractivity contribution in [2.45, 2.75) is 19.9 Å². The van der Waals surface area contributed by atoms with E-state index in [0.29, 0.717) is 12.2 Å². The van der Waals surface area contributed by atoms with E-state index < -0.39 is 29.9 Å². The second-order valence-corrected chi connectivity index (χ2v) is 3.11. The van der Waals surface area contributed by atoms with E-state index >= 15 is 0 Å². The molecule has 0 aromatic carbocycles. The van der Waals surface area contributed by atoms with Gasteiger partial charge < -0.3 is 15.2 Å². The summed E-state index contributed by atoms with van der Waals surface area (Å²) in [4.78, 5) is 43.4. The monoisotopic (exact) mass is 258 g/mol. The van der Waals surface area contributed by atoms with Gasteiger partial charge in [-0.1, -0.05) is 0 Å². The molecule has 18 heavy (non-hydrogen) atoms. The van der Waals surface area contributed by atoms with Crippen molar-refractivity contribution in [2.75, 3.05) is 6.61 Å². The number of rotatable bonds is 5. The first-order valence-corrected chi connectivity index (χ1v) is 5.06. The highest BCUT2D eigenvalue weighted by Gasteiger charge is 2.17. The minimum Gasteiger partial charge on any atom is -0.478 e. The summed E-state index contributed by atoms with van der Waals surface area (Å²) in [7, 11) is 0. The number of carboxylic acids is 1. The van der Waals surface area contributed by atoms with Gasteiger partial charge in [0.05, 0.1) is 6.61 Å². The van der Waals surface area contributed by atoms with Crippen molar-refractivity contribution in [1.82, 2.24) is 10.6 Å². The van der Waals surface area contributed by atoms with E-state index in [1.54, 1.807) is 6.92 Å². The molecule has 0 heterocycles. The van der Waals surface area contributed by atoms with E-state index in [-0.39, 0.29) is 6.61 Å². The lowest BCUT2D eigenvalue weighted by Gasteiger charge is -2.12. The second-order valence-electron chi connectivity index (χ2n) is 3.11. The topological polar surface area (TPSA) is 122 Å². The number of ether oxygens (including phenoxy) is 1. The normalized spacial score (nSPS) is 11.7. The Bertz CT molecular complexity index is 377. The van der Waals surface area contributed by atoms with Crippen LogP contribution in [0.3, 0.4) is 0 Å². The van der Waals surface area contributed by atoms with Gasteiger partial charge in [0.2, 0.25) is 0 Å². The molecular weight excluding hydrogens is 244 g/mol. The summed E-state index contributed by atoms with van der Waals surface area (Å²) in [6.45, 7) is 3.17. The van der Waals surface area contributed by atoms with Crippen molar-refractivity contribution in [3.8, 4) is 0 Å². The van der Waals surface area contributed by atoms with Crippen LogP contribution in [0.4, 0.5) is 4.79 Å². The summed E-state index contributed by atoms with van der Waals surface area (Å²) >= 11 is 0. The fourth-order valence-corrected chi connectivity index (χ4v) is 0.859. The van der Waals surface area contributed by atoms with Gasteiger partial charge in [0.1, 0.15) is 6.04 Å². The Morgan fingerprint density at radius 1 is 1.28 bits per heavy atom. The lowest BCUT2D eigenvalue weighted by atomic mass is 10.3. The maximum absolute atomic E-state index is 11.2. The van der Waals surface area contributed by atoms with E-state index in [0.717, 1.165) is 0 Å². The Morgan fingerprint density at radius 3 is 2.39 bits per heavy atom. The third-order valence-corrected chi connectivity index (χ3v) is 1.60. The fraction of sp³-hybridized carbons (Fsp3) is 0.400. The van der Waals surface area contributed by atoms with Crippen LogP contribution in [0, 0.1) is 0 Å². The third-order valence-electron chi connectivity index (χ3n) is 1.60. The maximum Gasteiger partial charge on any atom is 0.328 e. The van der Waals surface area contributed by atoms with Crippen LogP contribution in [0.1, 0.15) is 13.8 Å². The van der Waals surface area contributed by atoms with Crippen LogP contribution in [0.2, 0.25) is 0 Å². The average molecular weight is 258 g/mol. The Kier molecular flexibility index (Phi) is 6.79. The molecule has 1 unspecified atom stereocenters. The van der Waals surface area contributed by atoms with Gasteiger partial charge in [-0.15, -0.1) is 0 Å². The number of carboxylic acid groups (broad SMARTS) is 1. The van der Waals surface area contributed by atoms with E-state index in [2.05, 4.69) is 10.1 Å². The number of carbonyl (C=O) groups excluding carboxylic acids is 3. The van der Waals surface area contributed by atoms with Gasteiger partial charge >= 0.3 is 18.0 Å². The summed E-state index contributed by atoms with van der Waals surface area (Å²) in [5.41, 5.74) is 0. The van der Waals surface area contributed by atoms with E-state index in [4.69, 9.17) is 5.11 Å². The fourth-order valence-electron chi connectivity index (χ4n) is 0.859. The van der Waals surface area contributed by atoms with Crippen LogP contribution in [0.25, 0.3) is 0 Å². The molecule has 0 saturated carbocycles. The minimum atomic E-state index is -1.31. The van der Waals surface area contributed by atoms with Gasteiger partial charge in [0.15, 0.2) is 0 Å². The average Bonchev–Trinajstić information content (AvgIpc) is 2.26. The molecule has 0 aromatic rings. The number of nitrogens with one attached hydrogen (secondary N) is 2. The van der Waals surface area contributed by atoms with Gasteiger partial charge in [-0.3, -0.25) is 10.1 Å². The van der Waals surface area contributed by atoms with E-state index in [1.807, 2.05) is 5.32 Å². The lowest BCUT2D eigenvalue weighted by Crippen LogP contribution is -2.46. The summed E-state index contributed by atoms with van der Waals surface area (Å²) in [5, 5.41) is 12.2. The van der Waals surface area contributed by atoms with Crippen molar-refractivity contribution in [3.63, 3.8) is 0 Å². The van der Waals surface area contributed by atoms with Gasteiger partial charge in [-0.2, -0.15) is 0 Å². The largest absolute Gasteiger partial charge is 0.478 e. The first kappa shape index (κ1) is 15.6. The van der Waals surface area contributed by atoms with Crippen LogP contribution in [0.15, 0.2) is 12.2 Å². The zero-order chi connectivity index (χ0) is 14.1. The molecule has 100 valence electrons. The molecule has 8 nitrogen and oxygen atoms in total. The quantitative estimate of drug-likeness (QED) is 0.447. The summed E-state index contributed by atoms with van der Waals surface area (Å²) in [6, 6.07) is -1.84. The Labute approximate surface area is 103 Å². The summed E-state index contributed by atoms with van der Waals surface area (Å²) in [6.07, 6.45) is 1.26. The molecule has 0 radical (unpaired) electrons. The molecule has 3 N–H and O–H groups in total. The van der Waals surface area contributed by atoms with Crippen LogP contribution >= 0.6 is 0 Å². The highest BCUT2D eigenvalue weighted by molar-refractivity contribution is 6.03. The number of carbonyl (C=O) groups is 4. The first-order valence-electron chi connectivity index (χ1n) is 5.06. The van der Waals surface area contributed by atoms with Gasteiger partial charge in [-0.25, -0.2) is 14.4 Å². The molecule has 0 bridgehead atoms. The van der Waals surface area contributed by atoms with Gasteiger partial charge in [0, 0.05) is 12.2 Å². The molecule has 3 amide bonds. The Morgan fingerprint density at radius 2 is 1.89 bits per heavy atom. The molecule has 0 aliphatic heterocycles. The summed E-state index contributed by atoms with van der Waals surface area (Å²) in [5.74, 6) is -2.86. The second kappa shape index (κ2) is 7.82. The summed E-state index contributed by atoms with van der Waals surface area (Å²) < 4.78 is 4.63. The Hall–Kier alpha value is -2.38. The van der Waals surface area contributed by atoms with Crippen LogP contribution in [0.5, 0.6) is 0 Å². The molecule has 0 saturated heterocycles. The number of urea groups is 1. The highest BCUT2D eigenvalue weighted by Crippen LogP contribution is 1.87. The predicted molar refractivity (Wildman–Crippen MR) is 59.5 cm³/mol. The number of imide groups is 1. The Balaban J connectivity index is 4.15. The predicted octanol–water partition coefficient (Wildman–Crippen LogP) is -0.595. The van der Waals surface area contributed by atoms with Gasteiger partial charge in [0.25, 0.3) is 5.91 Å². The van der Waals surface area contributed by atoms with Gasteiger partial charge in [-0.05, 0) is 13.8 Å². The number of hydrogen-bond acceptors (Lipinski definition) is 5. The molecule has 0 aromatic heterocycles. The molecule has 0 rings (SSSR count). The minimum absolute atomic E-state index is 0.173. The smallest absolute Gasteiger partial charge is 0.328 e. The maximum atomic E-state index is 11.2. The van der Waals surface area contributed by atoms with Crippen LogP contribution in [-0.2, 0) is 19.1 Å². The molecule has 8 heteroatoms. The van der Waals surface area contributed by atoms with Crippen LogP contribution in [-0.4, -0.2) is 41.6 Å². The zero-order valence-electron chi connectivity index (χ0n) is 9.93. The van der Waals surface area contributed by atoms with E-state index in [1.165, 1.54) is 6.92 Å². The third kappa shape index (κ3) is 6.99. The highest BCUT2D eigenvalue weighted by atomic mass is 16.5. The standard InChI is InChI=1S/C10H14N2O6/c1-3-18-9(16)6(2)11-10(17)12-7(13)4-5-8(14)15/h4-6H,3H2,1-2H3,(H,14,15)(H2,11,12,13,17)/b5-4+. The molecule has 0 fully saturated rings. The molecular formula is C10H14N2O6. The number of amides is 3. The van der Waals surface area contributed by atoms with Crippen molar-refractivity contribution < 1.29 is 29.0 Å². The molecule has 0 aliphatic rings. The number of aliphatic carboxylic acids is 1. The van der Waals surface area contributed by atoms with E-state index in [9.17, 15) is 19.2 Å².